The van der Waals surface area contributed by atoms with Crippen LogP contribution in [0.3, 0.4) is 0 Å². The van der Waals surface area contributed by atoms with Crippen molar-refractivity contribution in [3.05, 3.63) is 88.0 Å². The summed E-state index contributed by atoms with van der Waals surface area (Å²) in [6, 6.07) is 16.8. The van der Waals surface area contributed by atoms with E-state index in [4.69, 9.17) is 11.6 Å². The highest BCUT2D eigenvalue weighted by atomic mass is 35.5. The van der Waals surface area contributed by atoms with Crippen molar-refractivity contribution in [2.24, 2.45) is 0 Å². The molecule has 0 aliphatic heterocycles. The Kier molecular flexibility index (Phi) is 5.94. The summed E-state index contributed by atoms with van der Waals surface area (Å²) in [7, 11) is -2.43. The molecule has 4 aromatic rings. The molecule has 4 rings (SSSR count). The minimum absolute atomic E-state index is 0.0104. The number of anilines is 2. The summed E-state index contributed by atoms with van der Waals surface area (Å²) in [6.07, 6.45) is 0. The number of amides is 1. The van der Waals surface area contributed by atoms with E-state index in [0.29, 0.717) is 21.3 Å². The molecular weight excluding hydrogens is 471 g/mol. The average Bonchev–Trinajstić information content (AvgIpc) is 3.19. The molecule has 0 fully saturated rings. The Balaban J connectivity index is 1.62. The molecule has 1 heterocycles. The van der Waals surface area contributed by atoms with Crippen LogP contribution in [-0.4, -0.2) is 21.4 Å². The molecule has 0 aliphatic carbocycles. The highest BCUT2D eigenvalue weighted by molar-refractivity contribution is 7.92. The van der Waals surface area contributed by atoms with Gasteiger partial charge in [0.25, 0.3) is 15.9 Å². The highest BCUT2D eigenvalue weighted by Gasteiger charge is 2.22. The number of fused-ring (bicyclic) bond motifs is 1. The van der Waals surface area contributed by atoms with Crippen LogP contribution in [0.5, 0.6) is 0 Å². The molecule has 0 atom stereocenters. The number of halogens is 2. The van der Waals surface area contributed by atoms with Crippen LogP contribution in [0.2, 0.25) is 5.02 Å². The van der Waals surface area contributed by atoms with E-state index in [1.54, 1.807) is 36.4 Å². The van der Waals surface area contributed by atoms with Crippen LogP contribution in [0.15, 0.2) is 71.6 Å². The number of nitrogens with one attached hydrogen (secondary N) is 1. The van der Waals surface area contributed by atoms with E-state index in [1.165, 1.54) is 30.5 Å². The maximum absolute atomic E-state index is 13.2. The third-order valence-corrected chi connectivity index (χ3v) is 8.16. The third-order valence-electron chi connectivity index (χ3n) is 5.01. The summed E-state index contributed by atoms with van der Waals surface area (Å²) in [6.45, 7) is 1.88. The lowest BCUT2D eigenvalue weighted by Gasteiger charge is -2.19. The summed E-state index contributed by atoms with van der Waals surface area (Å²) in [5.41, 5.74) is 1.95. The fourth-order valence-electron chi connectivity index (χ4n) is 3.15. The molecule has 32 heavy (non-hydrogen) atoms. The molecule has 0 saturated carbocycles. The molecule has 0 spiro atoms. The Labute approximate surface area is 194 Å². The van der Waals surface area contributed by atoms with Gasteiger partial charge in [-0.1, -0.05) is 17.7 Å². The van der Waals surface area contributed by atoms with Gasteiger partial charge in [0.2, 0.25) is 0 Å². The summed E-state index contributed by atoms with van der Waals surface area (Å²) >= 11 is 7.33. The molecule has 0 unspecified atom stereocenters. The normalized spacial score (nSPS) is 11.5. The predicted octanol–water partition coefficient (Wildman–Crippen LogP) is 6.08. The molecule has 1 amide bonds. The van der Waals surface area contributed by atoms with Crippen molar-refractivity contribution >= 4 is 60.3 Å². The van der Waals surface area contributed by atoms with Crippen molar-refractivity contribution in [1.82, 2.24) is 0 Å². The van der Waals surface area contributed by atoms with Crippen molar-refractivity contribution < 1.29 is 17.6 Å². The van der Waals surface area contributed by atoms with E-state index < -0.39 is 15.8 Å². The maximum Gasteiger partial charge on any atom is 0.265 e. The number of aryl methyl sites for hydroxylation is 1. The summed E-state index contributed by atoms with van der Waals surface area (Å²) in [5.74, 6) is -0.782. The molecular formula is C23H18ClFN2O3S2. The predicted molar refractivity (Wildman–Crippen MR) is 128 cm³/mol. The zero-order valence-corrected chi connectivity index (χ0v) is 19.5. The average molecular weight is 489 g/mol. The number of hydrogen-bond acceptors (Lipinski definition) is 4. The minimum atomic E-state index is -3.86. The lowest BCUT2D eigenvalue weighted by atomic mass is 10.2. The summed E-state index contributed by atoms with van der Waals surface area (Å²) < 4.78 is 40.9. The molecule has 0 bridgehead atoms. The van der Waals surface area contributed by atoms with Crippen molar-refractivity contribution in [3.63, 3.8) is 0 Å². The molecule has 0 saturated heterocycles. The van der Waals surface area contributed by atoms with E-state index in [1.807, 2.05) is 13.0 Å². The molecule has 5 nitrogen and oxygen atoms in total. The van der Waals surface area contributed by atoms with Gasteiger partial charge in [0.05, 0.1) is 15.5 Å². The Hall–Kier alpha value is -2.94. The number of benzene rings is 3. The molecule has 1 aromatic heterocycles. The van der Waals surface area contributed by atoms with Crippen molar-refractivity contribution in [2.75, 3.05) is 16.7 Å². The van der Waals surface area contributed by atoms with E-state index in [2.05, 4.69) is 5.32 Å². The zero-order chi connectivity index (χ0) is 23.0. The molecule has 9 heteroatoms. The maximum atomic E-state index is 13.2. The number of carbonyl (C=O) groups excluding carboxylic acids is 1. The quantitative estimate of drug-likeness (QED) is 0.370. The van der Waals surface area contributed by atoms with Crippen molar-refractivity contribution in [2.45, 2.75) is 11.8 Å². The van der Waals surface area contributed by atoms with Crippen LogP contribution in [-0.2, 0) is 10.0 Å². The Morgan fingerprint density at radius 1 is 1.03 bits per heavy atom. The summed E-state index contributed by atoms with van der Waals surface area (Å²) in [5, 5.41) is 4.13. The van der Waals surface area contributed by atoms with E-state index in [-0.39, 0.29) is 10.8 Å². The Morgan fingerprint density at radius 3 is 2.47 bits per heavy atom. The first-order valence-electron chi connectivity index (χ1n) is 9.51. The standard InChI is InChI=1S/C23H18ClFN2O3S2/c1-14-3-4-16(24)13-20(14)26-23(28)22-12-15-11-18(7-10-21(15)31-22)27(2)32(29,30)19-8-5-17(25)6-9-19/h3-13H,1-2H3,(H,26,28). The monoisotopic (exact) mass is 488 g/mol. The molecule has 1 N–H and O–H groups in total. The lowest BCUT2D eigenvalue weighted by Crippen LogP contribution is -2.26. The number of sulfonamides is 1. The van der Waals surface area contributed by atoms with Crippen LogP contribution in [0.1, 0.15) is 15.2 Å². The number of carbonyl (C=O) groups is 1. The number of hydrogen-bond donors (Lipinski definition) is 1. The number of nitrogens with zero attached hydrogens (tertiary/aromatic N) is 1. The smallest absolute Gasteiger partial charge is 0.265 e. The fourth-order valence-corrected chi connectivity index (χ4v) is 5.45. The van der Waals surface area contributed by atoms with Crippen molar-refractivity contribution in [3.8, 4) is 0 Å². The number of rotatable bonds is 5. The van der Waals surface area contributed by atoms with Gasteiger partial charge in [0.1, 0.15) is 5.82 Å². The largest absolute Gasteiger partial charge is 0.321 e. The Morgan fingerprint density at radius 2 is 1.75 bits per heavy atom. The topological polar surface area (TPSA) is 66.5 Å². The molecule has 0 aliphatic rings. The van der Waals surface area contributed by atoms with Gasteiger partial charge in [-0.15, -0.1) is 11.3 Å². The van der Waals surface area contributed by atoms with Gasteiger partial charge in [-0.05, 0) is 78.5 Å². The van der Waals surface area contributed by atoms with Gasteiger partial charge in [-0.2, -0.15) is 0 Å². The third kappa shape index (κ3) is 4.34. The van der Waals surface area contributed by atoms with Crippen LogP contribution in [0, 0.1) is 12.7 Å². The van der Waals surface area contributed by atoms with Crippen molar-refractivity contribution in [1.29, 1.82) is 0 Å². The first-order chi connectivity index (χ1) is 15.1. The second-order valence-electron chi connectivity index (χ2n) is 7.17. The van der Waals surface area contributed by atoms with E-state index >= 15 is 0 Å². The molecule has 0 radical (unpaired) electrons. The van der Waals surface area contributed by atoms with E-state index in [9.17, 15) is 17.6 Å². The van der Waals surface area contributed by atoms with Gasteiger partial charge in [-0.3, -0.25) is 9.10 Å². The zero-order valence-electron chi connectivity index (χ0n) is 17.1. The van der Waals surface area contributed by atoms with Crippen LogP contribution < -0.4 is 9.62 Å². The van der Waals surface area contributed by atoms with Crippen LogP contribution in [0.4, 0.5) is 15.8 Å². The second-order valence-corrected chi connectivity index (χ2v) is 10.7. The molecule has 164 valence electrons. The van der Waals surface area contributed by atoms with Gasteiger partial charge in [0, 0.05) is 22.5 Å². The van der Waals surface area contributed by atoms with E-state index in [0.717, 1.165) is 32.1 Å². The first-order valence-corrected chi connectivity index (χ1v) is 12.1. The Bertz CT molecular complexity index is 1430. The lowest BCUT2D eigenvalue weighted by molar-refractivity contribution is 0.103. The summed E-state index contributed by atoms with van der Waals surface area (Å²) in [4.78, 5) is 13.2. The highest BCUT2D eigenvalue weighted by Crippen LogP contribution is 2.32. The second kappa shape index (κ2) is 8.54. The van der Waals surface area contributed by atoms with Gasteiger partial charge >= 0.3 is 0 Å². The molecule has 3 aromatic carbocycles. The van der Waals surface area contributed by atoms with Gasteiger partial charge in [0.15, 0.2) is 0 Å². The first kappa shape index (κ1) is 22.3. The number of thiophene rings is 1. The van der Waals surface area contributed by atoms with Gasteiger partial charge < -0.3 is 5.32 Å². The minimum Gasteiger partial charge on any atom is -0.321 e. The SMILES string of the molecule is Cc1ccc(Cl)cc1NC(=O)c1cc2cc(N(C)S(=O)(=O)c3ccc(F)cc3)ccc2s1. The van der Waals surface area contributed by atoms with Gasteiger partial charge in [-0.25, -0.2) is 12.8 Å². The fraction of sp³-hybridized carbons (Fsp3) is 0.0870. The van der Waals surface area contributed by atoms with Crippen LogP contribution >= 0.6 is 22.9 Å². The van der Waals surface area contributed by atoms with Crippen LogP contribution in [0.25, 0.3) is 10.1 Å².